The molecular weight excluding hydrogens is 459 g/mol. The van der Waals surface area contributed by atoms with Crippen LogP contribution in [0.15, 0.2) is 47.4 Å². The molecule has 13 nitrogen and oxygen atoms in total. The van der Waals surface area contributed by atoms with E-state index < -0.39 is 56.5 Å². The van der Waals surface area contributed by atoms with Gasteiger partial charge in [0.2, 0.25) is 0 Å². The normalized spacial score (nSPS) is 26.8. The first-order valence-corrected chi connectivity index (χ1v) is 11.1. The number of nitrogens with two attached hydrogens (primary N) is 1. The molecule has 0 saturated carbocycles. The molecule has 0 radical (unpaired) electrons. The number of anilines is 1. The molecule has 6 atom stereocenters. The van der Waals surface area contributed by atoms with Gasteiger partial charge in [0.15, 0.2) is 6.23 Å². The molecule has 180 valence electrons. The fraction of sp³-hybridized carbons (Fsp3) is 0.421. The van der Waals surface area contributed by atoms with E-state index in [9.17, 15) is 29.5 Å². The maximum atomic E-state index is 12.8. The average Bonchev–Trinajstić information content (AvgIpc) is 2.99. The van der Waals surface area contributed by atoms with Crippen molar-refractivity contribution in [2.75, 3.05) is 12.3 Å². The first-order valence-electron chi connectivity index (χ1n) is 9.84. The molecule has 5 N–H and O–H groups in total. The van der Waals surface area contributed by atoms with Crippen LogP contribution in [-0.2, 0) is 18.6 Å². The Morgan fingerprint density at radius 1 is 1.39 bits per heavy atom. The van der Waals surface area contributed by atoms with Crippen molar-refractivity contribution in [3.63, 3.8) is 0 Å². The largest absolute Gasteiger partial charge is 0.480 e. The molecule has 0 aliphatic carbocycles. The third-order valence-electron chi connectivity index (χ3n) is 5.07. The van der Waals surface area contributed by atoms with Crippen LogP contribution < -0.4 is 16.3 Å². The summed E-state index contributed by atoms with van der Waals surface area (Å²) in [4.78, 5) is 33.3. The highest BCUT2D eigenvalue weighted by Crippen LogP contribution is 2.40. The van der Waals surface area contributed by atoms with E-state index in [2.05, 4.69) is 4.98 Å². The summed E-state index contributed by atoms with van der Waals surface area (Å²) >= 11 is 0. The SMILES string of the molecule is CC(C(=O)O)N(Oc1ccccc1)[PH](=O)OC[C@H]1O[C@@H](n2ccc(N)nc2=O)[C@](C)(O)[C@@H]1O. The van der Waals surface area contributed by atoms with E-state index in [1.807, 2.05) is 0 Å². The standard InChI is InChI=1S/C19H25N4O9P/c1-11(16(25)26)23(32-12-6-4-3-5-7-12)33(29)30-10-13-15(24)19(2,28)17(31-13)22-9-8-14(20)21-18(22)27/h3-9,11,13,15,17,24,28,33H,10H2,1-2H3,(H,25,26)(H2,20,21,27)/t11?,13-,15-,17-,19-/m1/s1. The molecule has 1 aliphatic rings. The Hall–Kier alpha value is -2.80. The van der Waals surface area contributed by atoms with Crippen molar-refractivity contribution in [1.29, 1.82) is 0 Å². The van der Waals surface area contributed by atoms with Gasteiger partial charge in [0.05, 0.1) is 6.61 Å². The number of hydrogen-bond acceptors (Lipinski definition) is 10. The Morgan fingerprint density at radius 2 is 2.06 bits per heavy atom. The van der Waals surface area contributed by atoms with Gasteiger partial charge in [0.25, 0.3) is 8.18 Å². The van der Waals surface area contributed by atoms with Crippen LogP contribution in [0.5, 0.6) is 5.75 Å². The number of hydroxylamine groups is 1. The summed E-state index contributed by atoms with van der Waals surface area (Å²) in [5, 5.41) is 30.6. The van der Waals surface area contributed by atoms with E-state index in [0.717, 1.165) is 4.57 Å². The number of hydrogen-bond donors (Lipinski definition) is 4. The molecule has 0 spiro atoms. The molecule has 1 aromatic heterocycles. The first-order chi connectivity index (χ1) is 15.5. The number of carbonyl (C=O) groups is 1. The number of aliphatic hydroxyl groups excluding tert-OH is 1. The van der Waals surface area contributed by atoms with Crippen LogP contribution >= 0.6 is 8.18 Å². The van der Waals surface area contributed by atoms with Gasteiger partial charge in [-0.25, -0.2) is 4.79 Å². The Bertz CT molecular complexity index is 1060. The fourth-order valence-corrected chi connectivity index (χ4v) is 4.21. The minimum absolute atomic E-state index is 0.0287. The molecule has 1 aromatic carbocycles. The predicted molar refractivity (Wildman–Crippen MR) is 114 cm³/mol. The summed E-state index contributed by atoms with van der Waals surface area (Å²) in [6.07, 6.45) is -2.82. The van der Waals surface area contributed by atoms with E-state index in [1.165, 1.54) is 26.1 Å². The Balaban J connectivity index is 1.73. The number of para-hydroxylation sites is 1. The second-order valence-corrected chi connectivity index (χ2v) is 8.82. The van der Waals surface area contributed by atoms with Crippen LogP contribution in [0.4, 0.5) is 5.82 Å². The second kappa shape index (κ2) is 10.00. The average molecular weight is 484 g/mol. The summed E-state index contributed by atoms with van der Waals surface area (Å²) in [6.45, 7) is 2.02. The Labute approximate surface area is 188 Å². The van der Waals surface area contributed by atoms with Gasteiger partial charge < -0.3 is 35.2 Å². The number of nitrogen functional groups attached to an aromatic ring is 1. The van der Waals surface area contributed by atoms with E-state index in [-0.39, 0.29) is 11.6 Å². The van der Waals surface area contributed by atoms with Gasteiger partial charge in [-0.2, -0.15) is 4.98 Å². The van der Waals surface area contributed by atoms with Crippen LogP contribution in [-0.4, -0.2) is 66.1 Å². The summed E-state index contributed by atoms with van der Waals surface area (Å²) in [5.74, 6) is -1.09. The molecule has 0 bridgehead atoms. The number of aliphatic hydroxyl groups is 2. The lowest BCUT2D eigenvalue weighted by Gasteiger charge is -2.27. The predicted octanol–water partition coefficient (Wildman–Crippen LogP) is 0.0102. The number of benzene rings is 1. The van der Waals surface area contributed by atoms with Gasteiger partial charge in [-0.3, -0.25) is 13.9 Å². The molecule has 3 rings (SSSR count). The topological polar surface area (TPSA) is 187 Å². The fourth-order valence-electron chi connectivity index (χ4n) is 3.17. The molecule has 2 aromatic rings. The van der Waals surface area contributed by atoms with Crippen LogP contribution in [0.25, 0.3) is 0 Å². The molecule has 2 unspecified atom stereocenters. The summed E-state index contributed by atoms with van der Waals surface area (Å²) in [6, 6.07) is 8.09. The van der Waals surface area contributed by atoms with Crippen molar-refractivity contribution < 1.29 is 38.8 Å². The molecule has 33 heavy (non-hydrogen) atoms. The zero-order valence-electron chi connectivity index (χ0n) is 17.8. The molecule has 1 fully saturated rings. The van der Waals surface area contributed by atoms with Crippen molar-refractivity contribution in [2.45, 2.75) is 43.9 Å². The number of aliphatic carboxylic acids is 1. The number of nitrogens with zero attached hydrogens (tertiary/aromatic N) is 3. The van der Waals surface area contributed by atoms with Crippen molar-refractivity contribution in [3.05, 3.63) is 53.1 Å². The van der Waals surface area contributed by atoms with Crippen LogP contribution in [0.3, 0.4) is 0 Å². The number of rotatable bonds is 9. The monoisotopic (exact) mass is 484 g/mol. The van der Waals surface area contributed by atoms with Gasteiger partial charge >= 0.3 is 11.7 Å². The minimum Gasteiger partial charge on any atom is -0.480 e. The number of ether oxygens (including phenoxy) is 1. The van der Waals surface area contributed by atoms with Gasteiger partial charge in [0.1, 0.15) is 35.4 Å². The number of carboxylic acids is 1. The summed E-state index contributed by atoms with van der Waals surface area (Å²) in [7, 11) is -3.30. The van der Waals surface area contributed by atoms with E-state index in [0.29, 0.717) is 4.83 Å². The van der Waals surface area contributed by atoms with E-state index >= 15 is 0 Å². The first kappa shape index (κ1) is 24.8. The Morgan fingerprint density at radius 3 is 2.67 bits per heavy atom. The lowest BCUT2D eigenvalue weighted by Crippen LogP contribution is -2.46. The number of carboxylic acid groups (broad SMARTS) is 1. The van der Waals surface area contributed by atoms with Gasteiger partial charge in [-0.1, -0.05) is 23.0 Å². The summed E-state index contributed by atoms with van der Waals surface area (Å²) < 4.78 is 24.6. The summed E-state index contributed by atoms with van der Waals surface area (Å²) in [5.41, 5.74) is 2.74. The van der Waals surface area contributed by atoms with Crippen molar-refractivity contribution in [1.82, 2.24) is 14.4 Å². The van der Waals surface area contributed by atoms with Crippen LogP contribution in [0.2, 0.25) is 0 Å². The van der Waals surface area contributed by atoms with Gasteiger partial charge in [-0.05, 0) is 32.0 Å². The molecule has 0 amide bonds. The smallest absolute Gasteiger partial charge is 0.351 e. The van der Waals surface area contributed by atoms with Crippen LogP contribution in [0, 0.1) is 0 Å². The third kappa shape index (κ3) is 5.41. The lowest BCUT2D eigenvalue weighted by atomic mass is 9.96. The quantitative estimate of drug-likeness (QED) is 0.276. The third-order valence-corrected chi connectivity index (χ3v) is 6.32. The van der Waals surface area contributed by atoms with E-state index in [1.54, 1.807) is 30.3 Å². The van der Waals surface area contributed by atoms with Crippen molar-refractivity contribution in [3.8, 4) is 5.75 Å². The molecule has 1 saturated heterocycles. The van der Waals surface area contributed by atoms with Crippen molar-refractivity contribution >= 4 is 20.0 Å². The maximum absolute atomic E-state index is 12.8. The van der Waals surface area contributed by atoms with Crippen LogP contribution in [0.1, 0.15) is 20.1 Å². The highest BCUT2D eigenvalue weighted by atomic mass is 31.1. The lowest BCUT2D eigenvalue weighted by molar-refractivity contribution is -0.148. The minimum atomic E-state index is -3.30. The molecular formula is C19H25N4O9P. The second-order valence-electron chi connectivity index (χ2n) is 7.56. The number of aromatic nitrogens is 2. The molecule has 2 heterocycles. The zero-order chi connectivity index (χ0) is 24.3. The highest BCUT2D eigenvalue weighted by Gasteiger charge is 2.53. The zero-order valence-corrected chi connectivity index (χ0v) is 18.8. The van der Waals surface area contributed by atoms with Crippen molar-refractivity contribution in [2.24, 2.45) is 0 Å². The highest BCUT2D eigenvalue weighted by molar-refractivity contribution is 7.36. The Kier molecular flexibility index (Phi) is 7.52. The van der Waals surface area contributed by atoms with E-state index in [4.69, 9.17) is 19.8 Å². The molecule has 1 aliphatic heterocycles. The maximum Gasteiger partial charge on any atom is 0.351 e. The van der Waals surface area contributed by atoms with Gasteiger partial charge in [0, 0.05) is 6.20 Å². The van der Waals surface area contributed by atoms with Gasteiger partial charge in [-0.15, -0.1) is 0 Å². The molecule has 14 heteroatoms.